The fourth-order valence-electron chi connectivity index (χ4n) is 2.21. The Morgan fingerprint density at radius 1 is 0.875 bits per heavy atom. The van der Waals surface area contributed by atoms with Crippen LogP contribution in [0.2, 0.25) is 6.04 Å². The normalized spacial score (nSPS) is 11.2. The molecule has 0 aliphatic heterocycles. The van der Waals surface area contributed by atoms with E-state index in [1.165, 1.54) is 4.90 Å². The lowest BCUT2D eigenvalue weighted by atomic mass is 10.2. The quantitative estimate of drug-likeness (QED) is 0.397. The highest BCUT2D eigenvalue weighted by atomic mass is 28.4. The van der Waals surface area contributed by atoms with Crippen LogP contribution < -0.4 is 0 Å². The minimum Gasteiger partial charge on any atom is -0.374 e. The Kier molecular flexibility index (Phi) is 10.7. The Morgan fingerprint density at radius 2 is 1.25 bits per heavy atom. The van der Waals surface area contributed by atoms with E-state index in [-0.39, 0.29) is 18.4 Å². The monoisotopic (exact) mass is 357 g/mol. The molecule has 0 saturated heterocycles. The number of nitrogens with zero attached hydrogens (tertiary/aromatic N) is 1. The van der Waals surface area contributed by atoms with Gasteiger partial charge in [-0.2, -0.15) is 0 Å². The van der Waals surface area contributed by atoms with Gasteiger partial charge in [-0.25, -0.2) is 0 Å². The topological polar surface area (TPSA) is 65.1 Å². The van der Waals surface area contributed by atoms with Gasteiger partial charge < -0.3 is 13.3 Å². The lowest BCUT2D eigenvalue weighted by Gasteiger charge is -2.29. The Bertz CT molecular complexity index is 421. The predicted molar refractivity (Wildman–Crippen MR) is 96.4 cm³/mol. The SMILES string of the molecule is C=C(C)C(=O)N(CCC[Si](OCC)(OCC)OCC)C(=O)C(=C)C. The summed E-state index contributed by atoms with van der Waals surface area (Å²) < 4.78 is 17.3. The minimum absolute atomic E-state index is 0.249. The first kappa shape index (κ1) is 22.7. The number of carbonyl (C=O) groups excluding carboxylic acids is 2. The molecule has 0 saturated carbocycles. The third kappa shape index (κ3) is 7.08. The molecule has 0 unspecified atom stereocenters. The second kappa shape index (κ2) is 11.3. The summed E-state index contributed by atoms with van der Waals surface area (Å²) in [4.78, 5) is 25.6. The molecule has 0 aliphatic rings. The Morgan fingerprint density at radius 3 is 1.54 bits per heavy atom. The van der Waals surface area contributed by atoms with Gasteiger partial charge in [-0.3, -0.25) is 14.5 Å². The Hall–Kier alpha value is -1.28. The van der Waals surface area contributed by atoms with E-state index in [0.29, 0.717) is 43.4 Å². The molecule has 0 rings (SSSR count). The second-order valence-corrected chi connectivity index (χ2v) is 8.14. The summed E-state index contributed by atoms with van der Waals surface area (Å²) in [5.74, 6) is -0.779. The number of hydrogen-bond acceptors (Lipinski definition) is 5. The Labute approximate surface area is 146 Å². The smallest absolute Gasteiger partial charge is 0.374 e. The fraction of sp³-hybridized carbons (Fsp3) is 0.647. The second-order valence-electron chi connectivity index (χ2n) is 5.41. The molecule has 138 valence electrons. The fourth-order valence-corrected chi connectivity index (χ4v) is 4.80. The van der Waals surface area contributed by atoms with Crippen molar-refractivity contribution in [2.45, 2.75) is 47.1 Å². The van der Waals surface area contributed by atoms with Crippen LogP contribution in [0.3, 0.4) is 0 Å². The van der Waals surface area contributed by atoms with Crippen molar-refractivity contribution in [3.63, 3.8) is 0 Å². The molecule has 0 aromatic heterocycles. The summed E-state index contributed by atoms with van der Waals surface area (Å²) in [7, 11) is -2.78. The molecule has 7 heteroatoms. The largest absolute Gasteiger partial charge is 0.500 e. The molecule has 0 N–H and O–H groups in total. The summed E-state index contributed by atoms with van der Waals surface area (Å²) in [6.07, 6.45) is 0.532. The van der Waals surface area contributed by atoms with E-state index in [2.05, 4.69) is 13.2 Å². The van der Waals surface area contributed by atoms with Gasteiger partial charge in [0.1, 0.15) is 0 Å². The van der Waals surface area contributed by atoms with Gasteiger partial charge in [0, 0.05) is 43.6 Å². The summed E-state index contributed by atoms with van der Waals surface area (Å²) in [6.45, 7) is 17.8. The van der Waals surface area contributed by atoms with Crippen molar-refractivity contribution in [2.75, 3.05) is 26.4 Å². The van der Waals surface area contributed by atoms with Gasteiger partial charge in [0.2, 0.25) is 0 Å². The molecule has 0 heterocycles. The van der Waals surface area contributed by atoms with E-state index in [9.17, 15) is 9.59 Å². The van der Waals surface area contributed by atoms with Crippen molar-refractivity contribution in [1.29, 1.82) is 0 Å². The van der Waals surface area contributed by atoms with Crippen LogP contribution in [0.5, 0.6) is 0 Å². The zero-order chi connectivity index (χ0) is 18.8. The molecule has 0 atom stereocenters. The standard InChI is InChI=1S/C17H31NO5Si/c1-8-21-24(22-9-2,23-10-3)13-11-12-18(16(19)14(4)5)17(20)15(6)7/h4,6,8-13H2,1-3,5,7H3. The van der Waals surface area contributed by atoms with Crippen molar-refractivity contribution in [1.82, 2.24) is 4.90 Å². The highest BCUT2D eigenvalue weighted by Gasteiger charge is 2.40. The van der Waals surface area contributed by atoms with Crippen LogP contribution in [0.15, 0.2) is 24.3 Å². The van der Waals surface area contributed by atoms with E-state index < -0.39 is 8.80 Å². The maximum atomic E-state index is 12.2. The lowest BCUT2D eigenvalue weighted by Crippen LogP contribution is -2.47. The van der Waals surface area contributed by atoms with Crippen molar-refractivity contribution >= 4 is 20.6 Å². The van der Waals surface area contributed by atoms with E-state index in [4.69, 9.17) is 13.3 Å². The first-order chi connectivity index (χ1) is 11.2. The molecule has 0 spiro atoms. The first-order valence-corrected chi connectivity index (χ1v) is 10.3. The molecule has 0 radical (unpaired) electrons. The van der Waals surface area contributed by atoms with E-state index in [1.807, 2.05) is 20.8 Å². The minimum atomic E-state index is -2.78. The lowest BCUT2D eigenvalue weighted by molar-refractivity contribution is -0.140. The third-order valence-corrected chi connectivity index (χ3v) is 6.33. The zero-order valence-corrected chi connectivity index (χ0v) is 16.6. The van der Waals surface area contributed by atoms with Crippen LogP contribution >= 0.6 is 0 Å². The molecule has 0 fully saturated rings. The number of hydrogen-bond donors (Lipinski definition) is 0. The summed E-state index contributed by atoms with van der Waals surface area (Å²) >= 11 is 0. The number of rotatable bonds is 12. The molecule has 0 aliphatic carbocycles. The van der Waals surface area contributed by atoms with Gasteiger partial charge >= 0.3 is 8.80 Å². The van der Waals surface area contributed by atoms with Crippen LogP contribution in [0.25, 0.3) is 0 Å². The van der Waals surface area contributed by atoms with E-state index in [1.54, 1.807) is 13.8 Å². The van der Waals surface area contributed by atoms with Gasteiger partial charge in [-0.1, -0.05) is 13.2 Å². The number of carbonyl (C=O) groups is 2. The average molecular weight is 358 g/mol. The maximum absolute atomic E-state index is 12.2. The third-order valence-electron chi connectivity index (χ3n) is 3.18. The molecule has 2 amide bonds. The molecular formula is C17H31NO5Si. The van der Waals surface area contributed by atoms with E-state index >= 15 is 0 Å². The van der Waals surface area contributed by atoms with Crippen molar-refractivity contribution < 1.29 is 22.9 Å². The van der Waals surface area contributed by atoms with Gasteiger partial charge in [-0.05, 0) is 41.0 Å². The molecule has 6 nitrogen and oxygen atoms in total. The Balaban J connectivity index is 5.05. The van der Waals surface area contributed by atoms with Crippen LogP contribution in [0.4, 0.5) is 0 Å². The summed E-state index contributed by atoms with van der Waals surface area (Å²) in [5, 5.41) is 0. The molecule has 0 aromatic rings. The maximum Gasteiger partial charge on any atom is 0.500 e. The van der Waals surface area contributed by atoms with Crippen LogP contribution in [0.1, 0.15) is 41.0 Å². The molecular weight excluding hydrogens is 326 g/mol. The highest BCUT2D eigenvalue weighted by molar-refractivity contribution is 6.60. The predicted octanol–water partition coefficient (Wildman–Crippen LogP) is 2.93. The van der Waals surface area contributed by atoms with Crippen molar-refractivity contribution in [2.24, 2.45) is 0 Å². The highest BCUT2D eigenvalue weighted by Crippen LogP contribution is 2.19. The zero-order valence-electron chi connectivity index (χ0n) is 15.6. The summed E-state index contributed by atoms with van der Waals surface area (Å²) in [5.41, 5.74) is 0.625. The van der Waals surface area contributed by atoms with E-state index in [0.717, 1.165) is 0 Å². The van der Waals surface area contributed by atoms with Gasteiger partial charge in [0.15, 0.2) is 0 Å². The summed E-state index contributed by atoms with van der Waals surface area (Å²) in [6, 6.07) is 0.534. The average Bonchev–Trinajstić information content (AvgIpc) is 2.51. The van der Waals surface area contributed by atoms with Crippen LogP contribution in [-0.4, -0.2) is 51.9 Å². The van der Waals surface area contributed by atoms with Crippen LogP contribution in [0, 0.1) is 0 Å². The number of amides is 2. The molecule has 0 bridgehead atoms. The van der Waals surface area contributed by atoms with Crippen LogP contribution in [-0.2, 0) is 22.9 Å². The van der Waals surface area contributed by atoms with Crippen molar-refractivity contribution in [3.05, 3.63) is 24.3 Å². The molecule has 24 heavy (non-hydrogen) atoms. The first-order valence-electron chi connectivity index (χ1n) is 8.33. The van der Waals surface area contributed by atoms with Crippen molar-refractivity contribution in [3.8, 4) is 0 Å². The van der Waals surface area contributed by atoms with Gasteiger partial charge in [-0.15, -0.1) is 0 Å². The molecule has 0 aromatic carbocycles. The number of imide groups is 1. The van der Waals surface area contributed by atoms with Gasteiger partial charge in [0.25, 0.3) is 11.8 Å². The van der Waals surface area contributed by atoms with Gasteiger partial charge in [0.05, 0.1) is 0 Å².